The van der Waals surface area contributed by atoms with Gasteiger partial charge < -0.3 is 9.73 Å². The number of oxazole rings is 1. The first-order valence-corrected chi connectivity index (χ1v) is 7.88. The van der Waals surface area contributed by atoms with E-state index >= 15 is 0 Å². The lowest BCUT2D eigenvalue weighted by molar-refractivity contribution is -0.122. The predicted molar refractivity (Wildman–Crippen MR) is 85.0 cm³/mol. The largest absolute Gasteiger partial charge is 0.446 e. The molecule has 1 aromatic heterocycles. The van der Waals surface area contributed by atoms with E-state index < -0.39 is 0 Å². The molecule has 0 aliphatic heterocycles. The molecule has 1 aliphatic rings. The lowest BCUT2D eigenvalue weighted by Gasteiger charge is -2.04. The Morgan fingerprint density at radius 1 is 1.36 bits per heavy atom. The van der Waals surface area contributed by atoms with Crippen LogP contribution in [0.3, 0.4) is 0 Å². The number of aryl methyl sites for hydroxylation is 2. The minimum atomic E-state index is 0.0846. The minimum absolute atomic E-state index is 0.0846. The van der Waals surface area contributed by atoms with Crippen molar-refractivity contribution in [1.82, 2.24) is 10.3 Å². The molecular formula is C17H19ClN2O2. The molecule has 1 saturated carbocycles. The van der Waals surface area contributed by atoms with Gasteiger partial charge in [0, 0.05) is 30.8 Å². The molecule has 2 aromatic rings. The number of carbonyl (C=O) groups is 1. The van der Waals surface area contributed by atoms with Crippen LogP contribution >= 0.6 is 11.6 Å². The Morgan fingerprint density at radius 3 is 2.73 bits per heavy atom. The Morgan fingerprint density at radius 2 is 2.09 bits per heavy atom. The molecule has 116 valence electrons. The van der Waals surface area contributed by atoms with Gasteiger partial charge >= 0.3 is 0 Å². The molecule has 1 fully saturated rings. The van der Waals surface area contributed by atoms with Crippen LogP contribution in [-0.2, 0) is 11.2 Å². The van der Waals surface area contributed by atoms with Crippen LogP contribution in [-0.4, -0.2) is 17.4 Å². The van der Waals surface area contributed by atoms with Crippen LogP contribution in [0.5, 0.6) is 0 Å². The minimum Gasteiger partial charge on any atom is -0.446 e. The van der Waals surface area contributed by atoms with E-state index in [1.54, 1.807) is 0 Å². The third-order valence-electron chi connectivity index (χ3n) is 4.09. The molecule has 22 heavy (non-hydrogen) atoms. The van der Waals surface area contributed by atoms with E-state index in [2.05, 4.69) is 10.3 Å². The first-order chi connectivity index (χ1) is 10.5. The Hall–Kier alpha value is -1.81. The number of halogens is 1. The number of carbonyl (C=O) groups excluding carboxylic acids is 1. The van der Waals surface area contributed by atoms with E-state index in [-0.39, 0.29) is 11.8 Å². The molecule has 1 aliphatic carbocycles. The van der Waals surface area contributed by atoms with Crippen LogP contribution in [0.15, 0.2) is 28.7 Å². The summed E-state index contributed by atoms with van der Waals surface area (Å²) in [6, 6.07) is 7.75. The topological polar surface area (TPSA) is 55.1 Å². The summed E-state index contributed by atoms with van der Waals surface area (Å²) in [4.78, 5) is 16.5. The molecule has 3 rings (SSSR count). The summed E-state index contributed by atoms with van der Waals surface area (Å²) in [5.41, 5.74) is 2.11. The summed E-state index contributed by atoms with van der Waals surface area (Å²) in [6.45, 7) is 4.32. The number of nitrogens with one attached hydrogen (secondary N) is 1. The van der Waals surface area contributed by atoms with Crippen LogP contribution in [0.25, 0.3) is 0 Å². The normalized spacial score (nSPS) is 20.0. The van der Waals surface area contributed by atoms with E-state index in [4.69, 9.17) is 16.0 Å². The second-order valence-corrected chi connectivity index (χ2v) is 6.21. The van der Waals surface area contributed by atoms with E-state index in [1.807, 2.05) is 38.1 Å². The number of nitrogens with zero attached hydrogens (tertiary/aromatic N) is 1. The smallest absolute Gasteiger partial charge is 0.223 e. The molecule has 0 saturated heterocycles. The Labute approximate surface area is 134 Å². The van der Waals surface area contributed by atoms with Gasteiger partial charge in [-0.15, -0.1) is 0 Å². The third-order valence-corrected chi connectivity index (χ3v) is 4.34. The van der Waals surface area contributed by atoms with Crippen LogP contribution in [0.2, 0.25) is 5.02 Å². The summed E-state index contributed by atoms with van der Waals surface area (Å²) in [5, 5.41) is 3.72. The van der Waals surface area contributed by atoms with Gasteiger partial charge in [0.15, 0.2) is 5.89 Å². The van der Waals surface area contributed by atoms with Gasteiger partial charge in [0.25, 0.3) is 0 Å². The van der Waals surface area contributed by atoms with Crippen molar-refractivity contribution < 1.29 is 9.21 Å². The average molecular weight is 319 g/mol. The first kappa shape index (κ1) is 15.1. The second kappa shape index (κ2) is 6.13. The van der Waals surface area contributed by atoms with Gasteiger partial charge in [-0.25, -0.2) is 4.98 Å². The van der Waals surface area contributed by atoms with Gasteiger partial charge in [-0.05, 0) is 37.0 Å². The highest BCUT2D eigenvalue weighted by molar-refractivity contribution is 6.30. The Kier molecular flexibility index (Phi) is 4.21. The van der Waals surface area contributed by atoms with Gasteiger partial charge in [0.1, 0.15) is 5.76 Å². The van der Waals surface area contributed by atoms with Crippen LogP contribution in [0.1, 0.15) is 35.2 Å². The number of amides is 1. The Balaban J connectivity index is 1.47. The van der Waals surface area contributed by atoms with Gasteiger partial charge in [-0.1, -0.05) is 23.7 Å². The highest BCUT2D eigenvalue weighted by Gasteiger charge is 2.43. The van der Waals surface area contributed by atoms with Crippen molar-refractivity contribution in [3.05, 3.63) is 52.2 Å². The van der Waals surface area contributed by atoms with E-state index in [0.29, 0.717) is 24.8 Å². The van der Waals surface area contributed by atoms with Crippen LogP contribution in [0.4, 0.5) is 0 Å². The van der Waals surface area contributed by atoms with Crippen molar-refractivity contribution in [2.24, 2.45) is 5.92 Å². The fourth-order valence-corrected chi connectivity index (χ4v) is 2.93. The van der Waals surface area contributed by atoms with Crippen molar-refractivity contribution in [1.29, 1.82) is 0 Å². The number of rotatable bonds is 5. The molecule has 0 spiro atoms. The summed E-state index contributed by atoms with van der Waals surface area (Å²) < 4.78 is 5.38. The molecule has 1 N–H and O–H groups in total. The summed E-state index contributed by atoms with van der Waals surface area (Å²) in [7, 11) is 0. The zero-order chi connectivity index (χ0) is 15.7. The third kappa shape index (κ3) is 3.33. The van der Waals surface area contributed by atoms with Crippen molar-refractivity contribution in [3.8, 4) is 0 Å². The quantitative estimate of drug-likeness (QED) is 0.919. The fourth-order valence-electron chi connectivity index (χ4n) is 2.80. The molecule has 1 aromatic carbocycles. The summed E-state index contributed by atoms with van der Waals surface area (Å²) in [5.74, 6) is 2.04. The van der Waals surface area contributed by atoms with Crippen molar-refractivity contribution in [2.75, 3.05) is 6.54 Å². The van der Waals surface area contributed by atoms with Crippen molar-refractivity contribution in [2.45, 2.75) is 32.6 Å². The monoisotopic (exact) mass is 318 g/mol. The molecule has 5 heteroatoms. The SMILES string of the molecule is Cc1nc(CCNC(=O)[C@@H]2C[C@H]2c2ccc(Cl)cc2)c(C)o1. The molecule has 1 heterocycles. The standard InChI is InChI=1S/C17H19ClN2O2/c1-10-16(20-11(2)22-10)7-8-19-17(21)15-9-14(15)12-3-5-13(18)6-4-12/h3-6,14-15H,7-9H2,1-2H3,(H,19,21)/t14-,15+/m0/s1. The zero-order valence-corrected chi connectivity index (χ0v) is 13.5. The van der Waals surface area contributed by atoms with Crippen LogP contribution < -0.4 is 5.32 Å². The molecular weight excluding hydrogens is 300 g/mol. The number of aromatic nitrogens is 1. The second-order valence-electron chi connectivity index (χ2n) is 5.78. The van der Waals surface area contributed by atoms with Gasteiger partial charge in [-0.3, -0.25) is 4.79 Å². The number of hydrogen-bond donors (Lipinski definition) is 1. The predicted octanol–water partition coefficient (Wildman–Crippen LogP) is 3.41. The maximum Gasteiger partial charge on any atom is 0.223 e. The van der Waals surface area contributed by atoms with E-state index in [9.17, 15) is 4.79 Å². The summed E-state index contributed by atoms with van der Waals surface area (Å²) >= 11 is 5.88. The number of hydrogen-bond acceptors (Lipinski definition) is 3. The maximum atomic E-state index is 12.2. The van der Waals surface area contributed by atoms with Gasteiger partial charge in [0.05, 0.1) is 5.69 Å². The first-order valence-electron chi connectivity index (χ1n) is 7.50. The Bertz CT molecular complexity index is 678. The summed E-state index contributed by atoms with van der Waals surface area (Å²) in [6.07, 6.45) is 1.61. The van der Waals surface area contributed by atoms with E-state index in [1.165, 1.54) is 5.56 Å². The molecule has 0 bridgehead atoms. The zero-order valence-electron chi connectivity index (χ0n) is 12.7. The molecule has 4 nitrogen and oxygen atoms in total. The van der Waals surface area contributed by atoms with Crippen LogP contribution in [0, 0.1) is 19.8 Å². The highest BCUT2D eigenvalue weighted by atomic mass is 35.5. The molecule has 1 amide bonds. The fraction of sp³-hybridized carbons (Fsp3) is 0.412. The van der Waals surface area contributed by atoms with Crippen molar-refractivity contribution in [3.63, 3.8) is 0 Å². The molecule has 0 unspecified atom stereocenters. The van der Waals surface area contributed by atoms with Gasteiger partial charge in [0.2, 0.25) is 5.91 Å². The van der Waals surface area contributed by atoms with E-state index in [0.717, 1.165) is 22.9 Å². The molecule has 0 radical (unpaired) electrons. The molecule has 2 atom stereocenters. The number of benzene rings is 1. The lowest BCUT2D eigenvalue weighted by Crippen LogP contribution is -2.27. The van der Waals surface area contributed by atoms with Gasteiger partial charge in [-0.2, -0.15) is 0 Å². The maximum absolute atomic E-state index is 12.2. The van der Waals surface area contributed by atoms with Crippen molar-refractivity contribution >= 4 is 17.5 Å². The lowest BCUT2D eigenvalue weighted by atomic mass is 10.1. The highest BCUT2D eigenvalue weighted by Crippen LogP contribution is 2.47. The average Bonchev–Trinajstić information content (AvgIpc) is 3.21.